The number of nitrogens with zero attached hydrogens (tertiary/aromatic N) is 1. The molecule has 1 aromatic rings. The van der Waals surface area contributed by atoms with Crippen LogP contribution in [0, 0.1) is 5.41 Å². The number of thiophene rings is 1. The molecule has 94 valence electrons. The van der Waals surface area contributed by atoms with Gasteiger partial charge in [0.15, 0.2) is 0 Å². The lowest BCUT2D eigenvalue weighted by Crippen LogP contribution is -2.36. The Morgan fingerprint density at radius 3 is 2.50 bits per heavy atom. The van der Waals surface area contributed by atoms with Crippen LogP contribution in [0.2, 0.25) is 0 Å². The molecular weight excluding hydrogens is 308 g/mol. The van der Waals surface area contributed by atoms with Crippen molar-refractivity contribution in [2.75, 3.05) is 20.1 Å². The molecule has 0 aliphatic carbocycles. The van der Waals surface area contributed by atoms with Gasteiger partial charge in [-0.15, -0.1) is 23.7 Å². The van der Waals surface area contributed by atoms with Gasteiger partial charge in [0.2, 0.25) is 0 Å². The average molecular weight is 328 g/mol. The lowest BCUT2D eigenvalue weighted by molar-refractivity contribution is 0.211. The van der Waals surface area contributed by atoms with E-state index in [0.717, 1.165) is 19.6 Å². The van der Waals surface area contributed by atoms with E-state index in [9.17, 15) is 0 Å². The van der Waals surface area contributed by atoms with Crippen LogP contribution in [0.25, 0.3) is 0 Å². The summed E-state index contributed by atoms with van der Waals surface area (Å²) >= 11 is 5.27. The smallest absolute Gasteiger partial charge is 0.0701 e. The second kappa shape index (κ2) is 6.97. The Labute approximate surface area is 117 Å². The van der Waals surface area contributed by atoms with Crippen molar-refractivity contribution in [3.8, 4) is 0 Å². The van der Waals surface area contributed by atoms with Gasteiger partial charge in [0.05, 0.1) is 3.79 Å². The summed E-state index contributed by atoms with van der Waals surface area (Å²) in [5.41, 5.74) is 5.92. The Kier molecular flexibility index (Phi) is 7.14. The van der Waals surface area contributed by atoms with E-state index in [-0.39, 0.29) is 17.8 Å². The summed E-state index contributed by atoms with van der Waals surface area (Å²) < 4.78 is 1.20. The minimum atomic E-state index is 0. The maximum Gasteiger partial charge on any atom is 0.0701 e. The van der Waals surface area contributed by atoms with Crippen molar-refractivity contribution in [2.45, 2.75) is 20.4 Å². The third-order valence-electron chi connectivity index (χ3n) is 2.31. The predicted molar refractivity (Wildman–Crippen MR) is 78.4 cm³/mol. The lowest BCUT2D eigenvalue weighted by Gasteiger charge is -2.28. The number of hydrogen-bond donors (Lipinski definition) is 1. The highest BCUT2D eigenvalue weighted by Gasteiger charge is 2.18. The van der Waals surface area contributed by atoms with Gasteiger partial charge in [-0.3, -0.25) is 0 Å². The Balaban J connectivity index is 0.00000225. The van der Waals surface area contributed by atoms with E-state index in [0.29, 0.717) is 0 Å². The minimum Gasteiger partial charge on any atom is -0.330 e. The molecule has 0 aliphatic rings. The molecule has 0 aliphatic heterocycles. The van der Waals surface area contributed by atoms with E-state index >= 15 is 0 Å². The van der Waals surface area contributed by atoms with Gasteiger partial charge < -0.3 is 10.6 Å². The van der Waals surface area contributed by atoms with Gasteiger partial charge in [0, 0.05) is 18.0 Å². The summed E-state index contributed by atoms with van der Waals surface area (Å²) in [6.45, 7) is 7.16. The lowest BCUT2D eigenvalue weighted by atomic mass is 9.93. The Morgan fingerprint density at radius 2 is 2.06 bits per heavy atom. The SMILES string of the molecule is CN(Cc1ccc(Br)s1)CC(C)(C)CN.Cl. The van der Waals surface area contributed by atoms with Crippen molar-refractivity contribution in [3.05, 3.63) is 20.8 Å². The van der Waals surface area contributed by atoms with E-state index in [2.05, 4.69) is 53.9 Å². The number of rotatable bonds is 5. The normalized spacial score (nSPS) is 11.6. The molecule has 0 saturated carbocycles. The number of halogens is 2. The van der Waals surface area contributed by atoms with Crippen LogP contribution in [0.1, 0.15) is 18.7 Å². The van der Waals surface area contributed by atoms with Gasteiger partial charge in [0.25, 0.3) is 0 Å². The van der Waals surface area contributed by atoms with Crippen molar-refractivity contribution < 1.29 is 0 Å². The Bertz CT molecular complexity index is 315. The Hall–Kier alpha value is 0.390. The Morgan fingerprint density at radius 1 is 1.44 bits per heavy atom. The fourth-order valence-corrected chi connectivity index (χ4v) is 3.12. The van der Waals surface area contributed by atoms with Gasteiger partial charge in [-0.25, -0.2) is 0 Å². The highest BCUT2D eigenvalue weighted by molar-refractivity contribution is 9.11. The molecule has 2 N–H and O–H groups in total. The quantitative estimate of drug-likeness (QED) is 0.898. The molecule has 0 bridgehead atoms. The summed E-state index contributed by atoms with van der Waals surface area (Å²) in [5.74, 6) is 0. The van der Waals surface area contributed by atoms with Crippen LogP contribution < -0.4 is 5.73 Å². The number of nitrogens with two attached hydrogens (primary N) is 1. The fraction of sp³-hybridized carbons (Fsp3) is 0.636. The molecule has 16 heavy (non-hydrogen) atoms. The molecule has 0 fully saturated rings. The van der Waals surface area contributed by atoms with E-state index < -0.39 is 0 Å². The second-order valence-corrected chi connectivity index (χ2v) is 7.29. The molecule has 0 radical (unpaired) electrons. The molecule has 1 aromatic heterocycles. The maximum atomic E-state index is 5.72. The number of hydrogen-bond acceptors (Lipinski definition) is 3. The molecule has 0 amide bonds. The fourth-order valence-electron chi connectivity index (χ4n) is 1.55. The second-order valence-electron chi connectivity index (χ2n) is 4.75. The largest absolute Gasteiger partial charge is 0.330 e. The first kappa shape index (κ1) is 16.4. The van der Waals surface area contributed by atoms with Crippen LogP contribution in [-0.2, 0) is 6.54 Å². The van der Waals surface area contributed by atoms with Crippen molar-refractivity contribution in [1.29, 1.82) is 0 Å². The van der Waals surface area contributed by atoms with E-state index in [4.69, 9.17) is 5.73 Å². The molecule has 0 spiro atoms. The average Bonchev–Trinajstić information content (AvgIpc) is 2.50. The van der Waals surface area contributed by atoms with Crippen LogP contribution in [0.3, 0.4) is 0 Å². The van der Waals surface area contributed by atoms with Gasteiger partial charge in [-0.2, -0.15) is 0 Å². The van der Waals surface area contributed by atoms with Crippen molar-refractivity contribution in [1.82, 2.24) is 4.90 Å². The summed E-state index contributed by atoms with van der Waals surface area (Å²) in [4.78, 5) is 3.71. The molecule has 1 heterocycles. The molecule has 0 aromatic carbocycles. The minimum absolute atomic E-state index is 0. The maximum absolute atomic E-state index is 5.72. The zero-order valence-corrected chi connectivity index (χ0v) is 13.2. The van der Waals surface area contributed by atoms with Crippen molar-refractivity contribution in [3.63, 3.8) is 0 Å². The summed E-state index contributed by atoms with van der Waals surface area (Å²) in [6.07, 6.45) is 0. The van der Waals surface area contributed by atoms with Crippen molar-refractivity contribution in [2.24, 2.45) is 11.1 Å². The third-order valence-corrected chi connectivity index (χ3v) is 3.91. The zero-order valence-electron chi connectivity index (χ0n) is 10.00. The van der Waals surface area contributed by atoms with Crippen LogP contribution in [0.15, 0.2) is 15.9 Å². The molecular formula is C11H20BrClN2S. The highest BCUT2D eigenvalue weighted by atomic mass is 79.9. The monoisotopic (exact) mass is 326 g/mol. The van der Waals surface area contributed by atoms with Crippen LogP contribution in [0.5, 0.6) is 0 Å². The standard InChI is InChI=1S/C11H19BrN2S.ClH/c1-11(2,7-13)8-14(3)6-9-4-5-10(12)15-9;/h4-5H,6-8,13H2,1-3H3;1H. The zero-order chi connectivity index (χ0) is 11.5. The summed E-state index contributed by atoms with van der Waals surface area (Å²) in [6, 6.07) is 4.27. The van der Waals surface area contributed by atoms with Crippen LogP contribution in [0.4, 0.5) is 0 Å². The van der Waals surface area contributed by atoms with Crippen LogP contribution in [-0.4, -0.2) is 25.0 Å². The van der Waals surface area contributed by atoms with Gasteiger partial charge in [-0.05, 0) is 47.1 Å². The molecule has 0 saturated heterocycles. The van der Waals surface area contributed by atoms with E-state index in [1.165, 1.54) is 8.66 Å². The van der Waals surface area contributed by atoms with Gasteiger partial charge >= 0.3 is 0 Å². The third kappa shape index (κ3) is 5.64. The van der Waals surface area contributed by atoms with Gasteiger partial charge in [-0.1, -0.05) is 13.8 Å². The van der Waals surface area contributed by atoms with Crippen LogP contribution >= 0.6 is 39.7 Å². The first-order chi connectivity index (χ1) is 6.93. The molecule has 0 atom stereocenters. The summed E-state index contributed by atoms with van der Waals surface area (Å²) in [5, 5.41) is 0. The van der Waals surface area contributed by atoms with Crippen molar-refractivity contribution >= 4 is 39.7 Å². The topological polar surface area (TPSA) is 29.3 Å². The van der Waals surface area contributed by atoms with E-state index in [1.54, 1.807) is 11.3 Å². The predicted octanol–water partition coefficient (Wildman–Crippen LogP) is 3.35. The highest BCUT2D eigenvalue weighted by Crippen LogP contribution is 2.24. The first-order valence-electron chi connectivity index (χ1n) is 5.06. The molecule has 5 heteroatoms. The van der Waals surface area contributed by atoms with E-state index in [1.807, 2.05) is 0 Å². The molecule has 2 nitrogen and oxygen atoms in total. The molecule has 0 unspecified atom stereocenters. The molecule has 1 rings (SSSR count). The summed E-state index contributed by atoms with van der Waals surface area (Å²) in [7, 11) is 2.14. The van der Waals surface area contributed by atoms with Gasteiger partial charge in [0.1, 0.15) is 0 Å². The first-order valence-corrected chi connectivity index (χ1v) is 6.67.